The summed E-state index contributed by atoms with van der Waals surface area (Å²) in [6.45, 7) is 2.68. The van der Waals surface area contributed by atoms with E-state index in [1.807, 2.05) is 21.6 Å². The van der Waals surface area contributed by atoms with E-state index in [4.69, 9.17) is 9.97 Å². The van der Waals surface area contributed by atoms with E-state index in [1.54, 1.807) is 85.7 Å². The molecule has 4 saturated heterocycles. The molecule has 4 amide bonds. The molecule has 12 rings (SSSR count). The minimum atomic E-state index is -4.25. The molecule has 23 heteroatoms. The third kappa shape index (κ3) is 11.0. The minimum Gasteiger partial charge on any atom is -0.343 e. The maximum atomic E-state index is 13.2. The summed E-state index contributed by atoms with van der Waals surface area (Å²) in [5.41, 5.74) is 3.64. The van der Waals surface area contributed by atoms with Gasteiger partial charge < -0.3 is 44.7 Å². The first-order valence-electron chi connectivity index (χ1n) is 26.8. The van der Waals surface area contributed by atoms with Crippen LogP contribution in [0.5, 0.6) is 0 Å². The first kappa shape index (κ1) is 51.8. The molecule has 6 aromatic heterocycles. The number of aromatic nitrogens is 8. The van der Waals surface area contributed by atoms with E-state index >= 15 is 0 Å². The highest BCUT2D eigenvalue weighted by molar-refractivity contribution is 5.99. The molecule has 10 heterocycles. The van der Waals surface area contributed by atoms with Crippen molar-refractivity contribution in [3.8, 4) is 0 Å². The number of halogens is 3. The van der Waals surface area contributed by atoms with Crippen molar-refractivity contribution in [2.45, 2.75) is 94.6 Å². The fourth-order valence-electron chi connectivity index (χ4n) is 12.4. The highest BCUT2D eigenvalue weighted by Crippen LogP contribution is 2.38. The fourth-order valence-corrected chi connectivity index (χ4v) is 12.4. The maximum Gasteiger partial charge on any atom is 0.401 e. The SMILES string of the molecule is CN(C)C(=O)c1cc2cnc(Nc3ccc(C(=O)N4CC5CC(C4)N(CC(F)(F)F)C5)cn3)nc2n1C1CCCC1.CN(C)C(=O)c1cc2cnc(Nc3ccc(C(=O)N4CC5CNC(C5)C4)cn3)nc2n1C1CCCC1. The average Bonchev–Trinajstić information content (AvgIpc) is 4.33. The van der Waals surface area contributed by atoms with Crippen LogP contribution in [-0.4, -0.2) is 179 Å². The number of pyridine rings is 2. The molecule has 0 radical (unpaired) electrons. The highest BCUT2D eigenvalue weighted by atomic mass is 19.4. The van der Waals surface area contributed by atoms with Gasteiger partial charge in [0.1, 0.15) is 34.3 Å². The first-order chi connectivity index (χ1) is 37.0. The second-order valence-electron chi connectivity index (χ2n) is 22.1. The Balaban J connectivity index is 0.000000165. The molecule has 6 fully saturated rings. The van der Waals surface area contributed by atoms with E-state index in [2.05, 4.69) is 40.5 Å². The number of rotatable bonds is 11. The number of likely N-dealkylation sites (tertiary alicyclic amines) is 3. The van der Waals surface area contributed by atoms with E-state index in [-0.39, 0.29) is 54.2 Å². The third-order valence-electron chi connectivity index (χ3n) is 16.0. The predicted octanol–water partition coefficient (Wildman–Crippen LogP) is 6.92. The Bertz CT molecular complexity index is 3160. The van der Waals surface area contributed by atoms with E-state index in [0.717, 1.165) is 93.8 Å². The summed E-state index contributed by atoms with van der Waals surface area (Å²) in [6.07, 6.45) is 12.7. The van der Waals surface area contributed by atoms with Crippen LogP contribution in [0.3, 0.4) is 0 Å². The van der Waals surface area contributed by atoms with Gasteiger partial charge in [-0.05, 0) is 86.8 Å². The molecule has 2 saturated carbocycles. The van der Waals surface area contributed by atoms with Gasteiger partial charge in [-0.2, -0.15) is 23.1 Å². The number of nitrogens with one attached hydrogen (secondary N) is 3. The molecule has 4 unspecified atom stereocenters. The van der Waals surface area contributed by atoms with Crippen LogP contribution in [0.2, 0.25) is 0 Å². The number of amides is 4. The van der Waals surface area contributed by atoms with Crippen molar-refractivity contribution in [2.24, 2.45) is 11.8 Å². The van der Waals surface area contributed by atoms with Crippen molar-refractivity contribution >= 4 is 69.2 Å². The first-order valence-corrected chi connectivity index (χ1v) is 26.8. The molecule has 6 aliphatic rings. The number of anilines is 4. The predicted molar refractivity (Wildman–Crippen MR) is 282 cm³/mol. The molecule has 77 heavy (non-hydrogen) atoms. The van der Waals surface area contributed by atoms with E-state index in [0.29, 0.717) is 83.2 Å². The molecule has 0 spiro atoms. The van der Waals surface area contributed by atoms with Gasteiger partial charge in [0.05, 0.1) is 17.7 Å². The average molecular weight is 1060 g/mol. The molecular formula is C54H65F3N16O4. The van der Waals surface area contributed by atoms with E-state index in [1.165, 1.54) is 11.1 Å². The Labute approximate surface area is 443 Å². The maximum absolute atomic E-state index is 13.2. The molecule has 6 aromatic rings. The van der Waals surface area contributed by atoms with Gasteiger partial charge in [0.15, 0.2) is 0 Å². The van der Waals surface area contributed by atoms with Gasteiger partial charge in [0.25, 0.3) is 23.6 Å². The Morgan fingerprint density at radius 3 is 1.56 bits per heavy atom. The number of hydrogen-bond donors (Lipinski definition) is 3. The zero-order valence-corrected chi connectivity index (χ0v) is 43.8. The largest absolute Gasteiger partial charge is 0.401 e. The number of piperidine rings is 2. The molecule has 4 aliphatic heterocycles. The topological polar surface area (TPSA) is 208 Å². The van der Waals surface area contributed by atoms with Crippen molar-refractivity contribution in [3.63, 3.8) is 0 Å². The number of hydrogen-bond acceptors (Lipinski definition) is 14. The second kappa shape index (κ2) is 21.3. The molecular weight excluding hydrogens is 994 g/mol. The summed E-state index contributed by atoms with van der Waals surface area (Å²) in [7, 11) is 7.00. The summed E-state index contributed by atoms with van der Waals surface area (Å²) in [4.78, 5) is 87.4. The molecule has 3 N–H and O–H groups in total. The number of carbonyl (C=O) groups is 4. The van der Waals surface area contributed by atoms with Crippen LogP contribution < -0.4 is 16.0 Å². The lowest BCUT2D eigenvalue weighted by Gasteiger charge is -2.33. The van der Waals surface area contributed by atoms with Crippen LogP contribution >= 0.6 is 0 Å². The van der Waals surface area contributed by atoms with Crippen LogP contribution in [-0.2, 0) is 0 Å². The molecule has 20 nitrogen and oxygen atoms in total. The quantitative estimate of drug-likeness (QED) is 0.121. The molecule has 4 bridgehead atoms. The normalized spacial score (nSPS) is 21.6. The summed E-state index contributed by atoms with van der Waals surface area (Å²) in [5.74, 6) is 2.00. The number of nitrogens with zero attached hydrogens (tertiary/aromatic N) is 13. The van der Waals surface area contributed by atoms with E-state index in [9.17, 15) is 32.3 Å². The van der Waals surface area contributed by atoms with Crippen LogP contribution in [0, 0.1) is 11.8 Å². The van der Waals surface area contributed by atoms with Crippen molar-refractivity contribution in [1.29, 1.82) is 0 Å². The van der Waals surface area contributed by atoms with Crippen LogP contribution in [0.1, 0.15) is 118 Å². The Kier molecular flexibility index (Phi) is 14.3. The smallest absolute Gasteiger partial charge is 0.343 e. The van der Waals surface area contributed by atoms with Gasteiger partial charge in [-0.1, -0.05) is 25.7 Å². The summed E-state index contributed by atoms with van der Waals surface area (Å²) < 4.78 is 43.0. The lowest BCUT2D eigenvalue weighted by Crippen LogP contribution is -2.46. The number of fused-ring (bicyclic) bond motifs is 6. The van der Waals surface area contributed by atoms with Crippen molar-refractivity contribution in [2.75, 3.05) is 84.6 Å². The standard InChI is InChI=1S/C28H33F3N8O2.C26H32N8O2/c1-36(2)26(41)22-10-19-12-33-27(35-24(19)39(22)20-5-3-4-6-20)34-23-8-7-18(11-32-23)25(40)37-13-17-9-21(15-37)38(14-17)16-28(29,30)31;1-32(2)25(36)21-10-18-13-29-26(31-23(18)34(21)20-5-3-4-6-20)30-22-8-7-17(12-28-22)24(35)33-14-16-9-19(15-33)27-11-16/h7-8,10-12,17,20-21H,3-6,9,13-16H2,1-2H3,(H,32,33,34,35);7-8,10,12-13,16,19-20,27H,3-6,9,11,14-15H2,1-2H3,(H,28,29,30,31). The number of alkyl halides is 3. The van der Waals surface area contributed by atoms with Gasteiger partial charge in [-0.3, -0.25) is 24.1 Å². The molecule has 406 valence electrons. The fraction of sp³-hybridized carbons (Fsp3) is 0.519. The lowest BCUT2D eigenvalue weighted by molar-refractivity contribution is -0.147. The van der Waals surface area contributed by atoms with Crippen molar-refractivity contribution in [3.05, 3.63) is 83.7 Å². The second-order valence-corrected chi connectivity index (χ2v) is 22.1. The summed E-state index contributed by atoms with van der Waals surface area (Å²) >= 11 is 0. The number of carbonyl (C=O) groups excluding carboxylic acids is 4. The molecule has 2 aliphatic carbocycles. The highest BCUT2D eigenvalue weighted by Gasteiger charge is 2.44. The Morgan fingerprint density at radius 2 is 1.10 bits per heavy atom. The van der Waals surface area contributed by atoms with Crippen LogP contribution in [0.15, 0.2) is 61.2 Å². The summed E-state index contributed by atoms with van der Waals surface area (Å²) in [6, 6.07) is 11.2. The van der Waals surface area contributed by atoms with Gasteiger partial charge in [0, 0.05) is 127 Å². The molecule has 0 aromatic carbocycles. The van der Waals surface area contributed by atoms with Gasteiger partial charge in [-0.15, -0.1) is 0 Å². The Hall–Kier alpha value is -7.27. The van der Waals surface area contributed by atoms with Crippen LogP contribution in [0.4, 0.5) is 36.7 Å². The lowest BCUT2D eigenvalue weighted by atomic mass is 9.99. The molecule has 4 atom stereocenters. The van der Waals surface area contributed by atoms with Gasteiger partial charge in [-0.25, -0.2) is 19.9 Å². The zero-order valence-electron chi connectivity index (χ0n) is 43.8. The van der Waals surface area contributed by atoms with Crippen molar-refractivity contribution < 1.29 is 32.3 Å². The Morgan fingerprint density at radius 1 is 0.610 bits per heavy atom. The third-order valence-corrected chi connectivity index (χ3v) is 16.0. The monoisotopic (exact) mass is 1060 g/mol. The van der Waals surface area contributed by atoms with Crippen LogP contribution in [0.25, 0.3) is 22.1 Å². The zero-order chi connectivity index (χ0) is 53.7. The summed E-state index contributed by atoms with van der Waals surface area (Å²) in [5, 5.41) is 11.4. The minimum absolute atomic E-state index is 0.0256. The van der Waals surface area contributed by atoms with E-state index < -0.39 is 12.7 Å². The van der Waals surface area contributed by atoms with Gasteiger partial charge >= 0.3 is 6.18 Å². The van der Waals surface area contributed by atoms with Gasteiger partial charge in [0.2, 0.25) is 11.9 Å². The van der Waals surface area contributed by atoms with Crippen molar-refractivity contribution in [1.82, 2.24) is 68.9 Å².